The number of likely N-dealkylation sites (tertiary alicyclic amines) is 1. The van der Waals surface area contributed by atoms with Crippen molar-refractivity contribution >= 4 is 11.9 Å². The molecule has 1 heterocycles. The molecule has 6 nitrogen and oxygen atoms in total. The zero-order valence-corrected chi connectivity index (χ0v) is 17.0. The van der Waals surface area contributed by atoms with E-state index in [4.69, 9.17) is 0 Å². The molecule has 0 spiro atoms. The van der Waals surface area contributed by atoms with E-state index in [1.165, 1.54) is 31.9 Å². The van der Waals surface area contributed by atoms with Crippen molar-refractivity contribution in [2.45, 2.75) is 52.0 Å². The summed E-state index contributed by atoms with van der Waals surface area (Å²) in [4.78, 5) is 26.2. The minimum atomic E-state index is -0.403. The molecule has 3 N–H and O–H groups in total. The molecule has 1 aliphatic heterocycles. The molecule has 1 aromatic carbocycles. The molecule has 1 aromatic rings. The third-order valence-corrected chi connectivity index (χ3v) is 5.23. The lowest BCUT2D eigenvalue weighted by molar-refractivity contribution is 0.0953. The molecule has 28 heavy (non-hydrogen) atoms. The summed E-state index contributed by atoms with van der Waals surface area (Å²) in [6, 6.07) is 4.81. The molecule has 1 saturated heterocycles. The van der Waals surface area contributed by atoms with E-state index in [-0.39, 0.29) is 24.0 Å². The van der Waals surface area contributed by atoms with Gasteiger partial charge in [0.15, 0.2) is 0 Å². The summed E-state index contributed by atoms with van der Waals surface area (Å²) in [7, 11) is 0. The lowest BCUT2D eigenvalue weighted by Gasteiger charge is -2.33. The minimum absolute atomic E-state index is 0.234. The van der Waals surface area contributed by atoms with E-state index in [9.17, 15) is 14.0 Å². The van der Waals surface area contributed by atoms with E-state index >= 15 is 0 Å². The molecular formula is C21H33FN4O2. The fourth-order valence-corrected chi connectivity index (χ4v) is 3.38. The Morgan fingerprint density at radius 1 is 1.11 bits per heavy atom. The number of hydrogen-bond donors (Lipinski definition) is 3. The average molecular weight is 393 g/mol. The Bertz CT molecular complexity index is 653. The van der Waals surface area contributed by atoms with E-state index in [0.717, 1.165) is 19.4 Å². The molecule has 0 aliphatic carbocycles. The maximum Gasteiger partial charge on any atom is 0.314 e. The predicted octanol–water partition coefficient (Wildman–Crippen LogP) is 2.82. The van der Waals surface area contributed by atoms with Gasteiger partial charge in [0.05, 0.1) is 0 Å². The molecule has 0 aromatic heterocycles. The number of rotatable bonds is 9. The third kappa shape index (κ3) is 7.46. The van der Waals surface area contributed by atoms with Crippen molar-refractivity contribution in [1.82, 2.24) is 20.9 Å². The monoisotopic (exact) mass is 392 g/mol. The topological polar surface area (TPSA) is 73.5 Å². The van der Waals surface area contributed by atoms with Crippen LogP contribution in [0.5, 0.6) is 0 Å². The number of hydrogen-bond acceptors (Lipinski definition) is 3. The van der Waals surface area contributed by atoms with Crippen LogP contribution in [0.3, 0.4) is 0 Å². The largest absolute Gasteiger partial charge is 0.350 e. The molecule has 156 valence electrons. The molecule has 1 fully saturated rings. The highest BCUT2D eigenvalue weighted by Gasteiger charge is 2.17. The molecular weight excluding hydrogens is 359 g/mol. The highest BCUT2D eigenvalue weighted by atomic mass is 19.1. The van der Waals surface area contributed by atoms with Gasteiger partial charge in [0.2, 0.25) is 0 Å². The first-order valence-electron chi connectivity index (χ1n) is 10.3. The summed E-state index contributed by atoms with van der Waals surface area (Å²) in [5.41, 5.74) is 0.774. The number of nitrogens with zero attached hydrogens (tertiary/aromatic N) is 1. The average Bonchev–Trinajstić information content (AvgIpc) is 2.68. The van der Waals surface area contributed by atoms with E-state index in [1.54, 1.807) is 19.1 Å². The highest BCUT2D eigenvalue weighted by molar-refractivity contribution is 5.94. The number of amides is 3. The molecule has 2 rings (SSSR count). The van der Waals surface area contributed by atoms with Crippen LogP contribution in [0.25, 0.3) is 0 Å². The van der Waals surface area contributed by atoms with E-state index in [2.05, 4.69) is 27.8 Å². The first-order chi connectivity index (χ1) is 13.5. The molecule has 0 radical (unpaired) electrons. The van der Waals surface area contributed by atoms with Gasteiger partial charge in [-0.05, 0) is 70.3 Å². The summed E-state index contributed by atoms with van der Waals surface area (Å²) in [6.45, 7) is 7.47. The van der Waals surface area contributed by atoms with Crippen LogP contribution >= 0.6 is 0 Å². The third-order valence-electron chi connectivity index (χ3n) is 5.23. The van der Waals surface area contributed by atoms with E-state index in [0.29, 0.717) is 24.7 Å². The van der Waals surface area contributed by atoms with Crippen molar-refractivity contribution in [2.24, 2.45) is 0 Å². The summed E-state index contributed by atoms with van der Waals surface area (Å²) >= 11 is 0. The normalized spacial score (nSPS) is 17.2. The molecule has 1 atom stereocenters. The number of halogens is 1. The Kier molecular flexibility index (Phi) is 9.20. The molecule has 1 aliphatic rings. The number of nitrogens with one attached hydrogen (secondary N) is 3. The van der Waals surface area contributed by atoms with Gasteiger partial charge >= 0.3 is 6.03 Å². The second-order valence-electron chi connectivity index (χ2n) is 7.49. The Morgan fingerprint density at radius 3 is 2.61 bits per heavy atom. The molecule has 1 unspecified atom stereocenters. The maximum absolute atomic E-state index is 13.5. The Hall–Kier alpha value is -2.15. The fraction of sp³-hybridized carbons (Fsp3) is 0.619. The first kappa shape index (κ1) is 22.1. The number of piperidine rings is 1. The van der Waals surface area contributed by atoms with Gasteiger partial charge < -0.3 is 20.9 Å². The van der Waals surface area contributed by atoms with Crippen molar-refractivity contribution in [1.29, 1.82) is 0 Å². The van der Waals surface area contributed by atoms with E-state index < -0.39 is 5.82 Å². The van der Waals surface area contributed by atoms with Gasteiger partial charge in [-0.15, -0.1) is 0 Å². The van der Waals surface area contributed by atoms with Crippen LogP contribution < -0.4 is 16.0 Å². The van der Waals surface area contributed by atoms with Crippen molar-refractivity contribution < 1.29 is 14.0 Å². The van der Waals surface area contributed by atoms with Crippen molar-refractivity contribution in [3.63, 3.8) is 0 Å². The number of benzene rings is 1. The van der Waals surface area contributed by atoms with Crippen LogP contribution in [0, 0.1) is 12.7 Å². The van der Waals surface area contributed by atoms with Gasteiger partial charge in [-0.25, -0.2) is 9.18 Å². The Morgan fingerprint density at radius 2 is 1.86 bits per heavy atom. The lowest BCUT2D eigenvalue weighted by Crippen LogP contribution is -2.41. The van der Waals surface area contributed by atoms with Crippen molar-refractivity contribution in [2.75, 3.05) is 32.7 Å². The Balaban J connectivity index is 1.50. The molecule has 7 heteroatoms. The number of carbonyl (C=O) groups excluding carboxylic acids is 2. The first-order valence-corrected chi connectivity index (χ1v) is 10.3. The van der Waals surface area contributed by atoms with Gasteiger partial charge in [-0.2, -0.15) is 0 Å². The number of urea groups is 1. The van der Waals surface area contributed by atoms with Crippen LogP contribution in [0.4, 0.5) is 9.18 Å². The number of aryl methyl sites for hydroxylation is 1. The van der Waals surface area contributed by atoms with E-state index in [1.807, 2.05) is 0 Å². The molecule has 0 bridgehead atoms. The lowest BCUT2D eigenvalue weighted by atomic mass is 10.0. The molecule has 3 amide bonds. The summed E-state index contributed by atoms with van der Waals surface area (Å²) in [5, 5.41) is 8.21. The van der Waals surface area contributed by atoms with Gasteiger partial charge in [0.25, 0.3) is 5.91 Å². The number of carbonyl (C=O) groups is 2. The Labute approximate surface area is 167 Å². The summed E-state index contributed by atoms with van der Waals surface area (Å²) in [6.07, 6.45) is 5.94. The van der Waals surface area contributed by atoms with Gasteiger partial charge in [-0.3, -0.25) is 4.79 Å². The standard InChI is InChI=1S/C21H33FN4O2/c1-16-8-9-18(15-19(16)22)20(27)23-11-12-25-21(28)24-10-4-6-14-26-13-5-3-7-17(26)2/h8-9,15,17H,3-7,10-14H2,1-2H3,(H,23,27)(H2,24,25,28). The van der Waals surface area contributed by atoms with Crippen LogP contribution in [0.15, 0.2) is 18.2 Å². The van der Waals surface area contributed by atoms with Gasteiger partial charge in [0, 0.05) is 31.2 Å². The highest BCUT2D eigenvalue weighted by Crippen LogP contribution is 2.16. The second kappa shape index (κ2) is 11.6. The van der Waals surface area contributed by atoms with Crippen LogP contribution in [-0.4, -0.2) is 55.6 Å². The zero-order chi connectivity index (χ0) is 20.4. The van der Waals surface area contributed by atoms with Gasteiger partial charge in [-0.1, -0.05) is 12.5 Å². The quantitative estimate of drug-likeness (QED) is 0.566. The minimum Gasteiger partial charge on any atom is -0.350 e. The second-order valence-corrected chi connectivity index (χ2v) is 7.49. The van der Waals surface area contributed by atoms with Crippen molar-refractivity contribution in [3.8, 4) is 0 Å². The van der Waals surface area contributed by atoms with Crippen LogP contribution in [-0.2, 0) is 0 Å². The smallest absolute Gasteiger partial charge is 0.314 e. The molecule has 0 saturated carbocycles. The summed E-state index contributed by atoms with van der Waals surface area (Å²) in [5.74, 6) is -0.757. The van der Waals surface area contributed by atoms with Crippen molar-refractivity contribution in [3.05, 3.63) is 35.1 Å². The zero-order valence-electron chi connectivity index (χ0n) is 17.0. The van der Waals surface area contributed by atoms with Crippen LogP contribution in [0.2, 0.25) is 0 Å². The SMILES string of the molecule is Cc1ccc(C(=O)NCCNC(=O)NCCCCN2CCCCC2C)cc1F. The number of unbranched alkanes of at least 4 members (excludes halogenated alkanes) is 1. The maximum atomic E-state index is 13.5. The fourth-order valence-electron chi connectivity index (χ4n) is 3.38. The predicted molar refractivity (Wildman–Crippen MR) is 109 cm³/mol. The van der Waals surface area contributed by atoms with Crippen LogP contribution in [0.1, 0.15) is 54.9 Å². The summed E-state index contributed by atoms with van der Waals surface area (Å²) < 4.78 is 13.5. The van der Waals surface area contributed by atoms with Gasteiger partial charge in [0.1, 0.15) is 5.82 Å².